The van der Waals surface area contributed by atoms with Crippen molar-refractivity contribution in [3.63, 3.8) is 0 Å². The number of piperazine rings is 1. The van der Waals surface area contributed by atoms with Crippen molar-refractivity contribution in [3.05, 3.63) is 41.0 Å². The smallest absolute Gasteiger partial charge is 0.417 e. The summed E-state index contributed by atoms with van der Waals surface area (Å²) in [6.07, 6.45) is -4.06. The first-order chi connectivity index (χ1) is 23.9. The molecule has 2 unspecified atom stereocenters. The highest BCUT2D eigenvalue weighted by atomic mass is 32.1. The van der Waals surface area contributed by atoms with E-state index < -0.39 is 46.1 Å². The van der Waals surface area contributed by atoms with Crippen LogP contribution in [0.1, 0.15) is 58.1 Å². The molecule has 16 heteroatoms. The first-order valence-corrected chi connectivity index (χ1v) is 17.1. The van der Waals surface area contributed by atoms with Crippen LogP contribution in [-0.2, 0) is 10.9 Å². The lowest BCUT2D eigenvalue weighted by atomic mass is 9.79. The van der Waals surface area contributed by atoms with Crippen LogP contribution in [0, 0.1) is 39.7 Å². The van der Waals surface area contributed by atoms with E-state index >= 15 is 17.6 Å². The van der Waals surface area contributed by atoms with E-state index in [0.29, 0.717) is 37.3 Å². The van der Waals surface area contributed by atoms with Crippen molar-refractivity contribution in [1.82, 2.24) is 14.9 Å². The molecule has 3 aliphatic heterocycles. The molecule has 3 aliphatic rings. The van der Waals surface area contributed by atoms with E-state index in [0.717, 1.165) is 18.2 Å². The fourth-order valence-corrected chi connectivity index (χ4v) is 8.53. The second-order valence-corrected chi connectivity index (χ2v) is 15.8. The van der Waals surface area contributed by atoms with Crippen LogP contribution in [0.4, 0.5) is 43.5 Å². The van der Waals surface area contributed by atoms with Gasteiger partial charge in [-0.3, -0.25) is 4.90 Å². The maximum absolute atomic E-state index is 17.1. The highest BCUT2D eigenvalue weighted by Crippen LogP contribution is 2.49. The molecule has 3 saturated heterocycles. The molecule has 0 aliphatic carbocycles. The highest BCUT2D eigenvalue weighted by molar-refractivity contribution is 7.23. The minimum Gasteiger partial charge on any atom is -0.444 e. The maximum Gasteiger partial charge on any atom is 0.417 e. The average molecular weight is 725 g/mol. The summed E-state index contributed by atoms with van der Waals surface area (Å²) in [5, 5.41) is 18.6. The topological polar surface area (TPSA) is 135 Å². The third-order valence-electron chi connectivity index (χ3n) is 9.72. The Morgan fingerprint density at radius 3 is 2.35 bits per heavy atom. The van der Waals surface area contributed by atoms with Crippen molar-refractivity contribution in [2.75, 3.05) is 41.7 Å². The Hall–Kier alpha value is -4.96. The van der Waals surface area contributed by atoms with Crippen molar-refractivity contribution in [3.8, 4) is 23.3 Å². The number of thiophene rings is 1. The molecule has 0 saturated carbocycles. The third kappa shape index (κ3) is 5.79. The van der Waals surface area contributed by atoms with Gasteiger partial charge in [0.2, 0.25) is 5.95 Å². The molecule has 4 aromatic rings. The predicted octanol–water partition coefficient (Wildman–Crippen LogP) is 7.59. The van der Waals surface area contributed by atoms with Gasteiger partial charge in [-0.1, -0.05) is 13.0 Å². The Labute approximate surface area is 293 Å². The van der Waals surface area contributed by atoms with Gasteiger partial charge in [0.25, 0.3) is 0 Å². The molecule has 266 valence electrons. The molecule has 2 N–H and O–H groups in total. The lowest BCUT2D eigenvalue weighted by molar-refractivity contribution is -0.137. The zero-order valence-corrected chi connectivity index (χ0v) is 29.0. The SMILES string of the molecule is CC1(CC#N)CN(c2nc(N3CC4CCC(C3)N4C(=O)OC(C)(C)C)c3cc(C(F)(F)F)c(-c4ccc(F)c5sc(N)c(C#N)c45)c(F)c3n2)C1. The Balaban J connectivity index is 1.43. The van der Waals surface area contributed by atoms with Crippen LogP contribution in [0.5, 0.6) is 0 Å². The monoisotopic (exact) mass is 724 g/mol. The molecule has 2 aromatic carbocycles. The van der Waals surface area contributed by atoms with Crippen LogP contribution in [0.25, 0.3) is 32.1 Å². The van der Waals surface area contributed by atoms with Crippen molar-refractivity contribution >= 4 is 55.2 Å². The van der Waals surface area contributed by atoms with Gasteiger partial charge in [-0.25, -0.2) is 18.6 Å². The molecule has 1 amide bonds. The molecule has 2 aromatic heterocycles. The number of carbonyl (C=O) groups is 1. The number of nitrogen functional groups attached to an aromatic ring is 1. The van der Waals surface area contributed by atoms with Crippen LogP contribution in [0.2, 0.25) is 0 Å². The Morgan fingerprint density at radius 1 is 1.10 bits per heavy atom. The van der Waals surface area contributed by atoms with Crippen LogP contribution < -0.4 is 15.5 Å². The maximum atomic E-state index is 17.1. The number of benzene rings is 2. The molecule has 3 fully saturated rings. The van der Waals surface area contributed by atoms with Crippen molar-refractivity contribution < 1.29 is 31.5 Å². The van der Waals surface area contributed by atoms with E-state index in [2.05, 4.69) is 11.1 Å². The van der Waals surface area contributed by atoms with Gasteiger partial charge in [0, 0.05) is 54.4 Å². The Bertz CT molecular complexity index is 2180. The second-order valence-electron chi connectivity index (χ2n) is 14.8. The number of carbonyl (C=O) groups excluding carboxylic acids is 1. The number of amides is 1. The number of anilines is 3. The number of hydrogen-bond acceptors (Lipinski definition) is 10. The first-order valence-electron chi connectivity index (χ1n) is 16.3. The number of nitrogens with zero attached hydrogens (tertiary/aromatic N) is 7. The molecule has 7 rings (SSSR count). The number of nitrogens with two attached hydrogens (primary N) is 1. The molecule has 10 nitrogen and oxygen atoms in total. The van der Waals surface area contributed by atoms with Gasteiger partial charge in [-0.05, 0) is 51.3 Å². The van der Waals surface area contributed by atoms with E-state index in [4.69, 9.17) is 15.5 Å². The van der Waals surface area contributed by atoms with Crippen LogP contribution in [0.3, 0.4) is 0 Å². The van der Waals surface area contributed by atoms with Gasteiger partial charge in [0.1, 0.15) is 33.8 Å². The zero-order valence-electron chi connectivity index (χ0n) is 28.2. The number of rotatable bonds is 4. The summed E-state index contributed by atoms with van der Waals surface area (Å²) in [5.41, 5.74) is 1.61. The van der Waals surface area contributed by atoms with Crippen LogP contribution in [0.15, 0.2) is 18.2 Å². The molecular formula is C35H33F5N8O2S. The molecule has 2 bridgehead atoms. The summed E-state index contributed by atoms with van der Waals surface area (Å²) in [5.74, 6) is -1.99. The molecule has 51 heavy (non-hydrogen) atoms. The van der Waals surface area contributed by atoms with E-state index in [1.54, 1.807) is 35.5 Å². The summed E-state index contributed by atoms with van der Waals surface area (Å²) in [7, 11) is 0. The number of aromatic nitrogens is 2. The third-order valence-corrected chi connectivity index (χ3v) is 10.8. The number of halogens is 5. The van der Waals surface area contributed by atoms with Gasteiger partial charge in [0.15, 0.2) is 5.82 Å². The van der Waals surface area contributed by atoms with E-state index in [-0.39, 0.29) is 80.4 Å². The number of ether oxygens (including phenoxy) is 1. The molecule has 0 spiro atoms. The lowest BCUT2D eigenvalue weighted by Crippen LogP contribution is -2.57. The summed E-state index contributed by atoms with van der Waals surface area (Å²) < 4.78 is 82.7. The molecule has 0 radical (unpaired) electrons. The van der Waals surface area contributed by atoms with E-state index in [9.17, 15) is 19.7 Å². The number of fused-ring (bicyclic) bond motifs is 4. The van der Waals surface area contributed by atoms with Gasteiger partial charge < -0.3 is 20.3 Å². The van der Waals surface area contributed by atoms with Crippen molar-refractivity contribution in [2.45, 2.75) is 70.8 Å². The largest absolute Gasteiger partial charge is 0.444 e. The quantitative estimate of drug-likeness (QED) is 0.211. The van der Waals surface area contributed by atoms with Gasteiger partial charge in [-0.2, -0.15) is 28.7 Å². The van der Waals surface area contributed by atoms with Crippen LogP contribution in [-0.4, -0.2) is 64.8 Å². The number of alkyl halides is 3. The predicted molar refractivity (Wildman–Crippen MR) is 182 cm³/mol. The minimum atomic E-state index is -5.10. The average Bonchev–Trinajstić information content (AvgIpc) is 3.51. The van der Waals surface area contributed by atoms with Gasteiger partial charge >= 0.3 is 12.3 Å². The summed E-state index contributed by atoms with van der Waals surface area (Å²) in [6, 6.07) is 6.08. The fourth-order valence-electron chi connectivity index (χ4n) is 7.59. The number of hydrogen-bond donors (Lipinski definition) is 1. The summed E-state index contributed by atoms with van der Waals surface area (Å²) in [4.78, 5) is 27.6. The molecule has 5 heterocycles. The van der Waals surface area contributed by atoms with Crippen LogP contribution >= 0.6 is 11.3 Å². The molecule has 2 atom stereocenters. The van der Waals surface area contributed by atoms with Crippen molar-refractivity contribution in [2.24, 2.45) is 5.41 Å². The minimum absolute atomic E-state index is 0.0705. The van der Waals surface area contributed by atoms with Crippen molar-refractivity contribution in [1.29, 1.82) is 10.5 Å². The Morgan fingerprint density at radius 2 is 1.76 bits per heavy atom. The first kappa shape index (κ1) is 34.5. The number of nitriles is 2. The second kappa shape index (κ2) is 11.8. The zero-order chi connectivity index (χ0) is 36.8. The van der Waals surface area contributed by atoms with Gasteiger partial charge in [0.05, 0.1) is 34.0 Å². The summed E-state index contributed by atoms with van der Waals surface area (Å²) >= 11 is 0.693. The normalized spacial score (nSPS) is 20.0. The highest BCUT2D eigenvalue weighted by Gasteiger charge is 2.46. The van der Waals surface area contributed by atoms with E-state index in [1.165, 1.54) is 0 Å². The standard InChI is InChI=1S/C35H33F5N8O2S/c1-33(2,3)50-32(49)48-17-5-6-18(48)14-46(13-17)30-20-11-22(35(38,39)40)25(19-7-8-23(36)28-24(19)21(12-42)29(43)51-28)26(37)27(20)44-31(45-30)47-15-34(4,16-47)9-10-41/h7-8,11,17-18H,5-6,9,13-16,43H2,1-4H3. The Kier molecular flexibility index (Phi) is 7.98. The van der Waals surface area contributed by atoms with E-state index in [1.807, 2.05) is 13.0 Å². The fraction of sp³-hybridized carbons (Fsp3) is 0.457. The lowest BCUT2D eigenvalue weighted by Gasteiger charge is -2.47. The summed E-state index contributed by atoms with van der Waals surface area (Å²) in [6.45, 7) is 8.33. The van der Waals surface area contributed by atoms with Gasteiger partial charge in [-0.15, -0.1) is 11.3 Å². The molecular weight excluding hydrogens is 691 g/mol.